The number of nitrogens with zero attached hydrogens (tertiary/aromatic N) is 2. The Morgan fingerprint density at radius 3 is 2.17 bits per heavy atom. The van der Waals surface area contributed by atoms with Gasteiger partial charge in [-0.3, -0.25) is 4.79 Å². The second-order valence-electron chi connectivity index (χ2n) is 8.88. The standard InChI is InChI=1S/C23H33F3N2O/c1-27(2)20-14-7-4-8-15-21(20)28(19-12-5-3-6-13-19)22(29)17-10-9-11-18(16-17)23(24,25)26/h3,5-6,12-13,17-18,20-21H,4,7-11,14-16H2,1-2H3. The van der Waals surface area contributed by atoms with Crippen LogP contribution in [-0.4, -0.2) is 43.2 Å². The third kappa shape index (κ3) is 5.33. The van der Waals surface area contributed by atoms with E-state index in [9.17, 15) is 18.0 Å². The Labute approximate surface area is 172 Å². The molecule has 4 atom stereocenters. The number of carbonyl (C=O) groups excluding carboxylic acids is 1. The van der Waals surface area contributed by atoms with Crippen molar-refractivity contribution < 1.29 is 18.0 Å². The summed E-state index contributed by atoms with van der Waals surface area (Å²) in [6, 6.07) is 9.74. The van der Waals surface area contributed by atoms with E-state index in [1.807, 2.05) is 49.3 Å². The van der Waals surface area contributed by atoms with Crippen molar-refractivity contribution in [1.82, 2.24) is 4.90 Å². The van der Waals surface area contributed by atoms with E-state index in [4.69, 9.17) is 0 Å². The first-order chi connectivity index (χ1) is 13.8. The second-order valence-corrected chi connectivity index (χ2v) is 8.88. The summed E-state index contributed by atoms with van der Waals surface area (Å²) in [4.78, 5) is 17.7. The molecule has 0 heterocycles. The zero-order valence-corrected chi connectivity index (χ0v) is 17.5. The van der Waals surface area contributed by atoms with E-state index in [0.717, 1.165) is 37.8 Å². The number of anilines is 1. The zero-order chi connectivity index (χ0) is 21.0. The molecule has 3 nitrogen and oxygen atoms in total. The van der Waals surface area contributed by atoms with Crippen LogP contribution >= 0.6 is 0 Å². The minimum absolute atomic E-state index is 0.00587. The van der Waals surface area contributed by atoms with Crippen LogP contribution < -0.4 is 4.90 Å². The molecule has 0 spiro atoms. The van der Waals surface area contributed by atoms with Gasteiger partial charge in [-0.25, -0.2) is 0 Å². The fourth-order valence-electron chi connectivity index (χ4n) is 5.15. The van der Waals surface area contributed by atoms with Crippen molar-refractivity contribution in [2.45, 2.75) is 76.0 Å². The summed E-state index contributed by atoms with van der Waals surface area (Å²) >= 11 is 0. The first kappa shape index (κ1) is 22.1. The molecule has 0 aliphatic heterocycles. The number of amides is 1. The average molecular weight is 411 g/mol. The fourth-order valence-corrected chi connectivity index (χ4v) is 5.15. The highest BCUT2D eigenvalue weighted by Crippen LogP contribution is 2.41. The van der Waals surface area contributed by atoms with Gasteiger partial charge in [0.2, 0.25) is 5.91 Å². The predicted molar refractivity (Wildman–Crippen MR) is 110 cm³/mol. The van der Waals surface area contributed by atoms with Gasteiger partial charge >= 0.3 is 6.18 Å². The lowest BCUT2D eigenvalue weighted by atomic mass is 9.80. The normalized spacial score (nSPS) is 28.8. The van der Waals surface area contributed by atoms with Gasteiger partial charge < -0.3 is 9.80 Å². The molecule has 6 heteroatoms. The quantitative estimate of drug-likeness (QED) is 0.599. The molecular formula is C23H33F3N2O. The van der Waals surface area contributed by atoms with Crippen molar-refractivity contribution in [3.8, 4) is 0 Å². The number of hydrogen-bond donors (Lipinski definition) is 0. The molecule has 29 heavy (non-hydrogen) atoms. The smallest absolute Gasteiger partial charge is 0.308 e. The summed E-state index contributed by atoms with van der Waals surface area (Å²) in [7, 11) is 4.08. The van der Waals surface area contributed by atoms with Crippen molar-refractivity contribution in [2.75, 3.05) is 19.0 Å². The van der Waals surface area contributed by atoms with E-state index in [2.05, 4.69) is 4.90 Å². The Morgan fingerprint density at radius 2 is 1.55 bits per heavy atom. The number of rotatable bonds is 4. The van der Waals surface area contributed by atoms with Gasteiger partial charge in [0.05, 0.1) is 12.0 Å². The molecule has 2 aliphatic rings. The Morgan fingerprint density at radius 1 is 0.897 bits per heavy atom. The fraction of sp³-hybridized carbons (Fsp3) is 0.696. The van der Waals surface area contributed by atoms with Crippen LogP contribution in [0.3, 0.4) is 0 Å². The molecule has 1 amide bonds. The van der Waals surface area contributed by atoms with Crippen LogP contribution in [0.5, 0.6) is 0 Å². The molecule has 2 aliphatic carbocycles. The maximum absolute atomic E-state index is 13.7. The molecule has 3 rings (SSSR count). The molecule has 2 fully saturated rings. The maximum Gasteiger partial charge on any atom is 0.391 e. The van der Waals surface area contributed by atoms with Crippen molar-refractivity contribution in [2.24, 2.45) is 11.8 Å². The van der Waals surface area contributed by atoms with Gasteiger partial charge in [-0.1, -0.05) is 43.9 Å². The Hall–Kier alpha value is -1.56. The monoisotopic (exact) mass is 410 g/mol. The largest absolute Gasteiger partial charge is 0.391 e. The maximum atomic E-state index is 13.7. The molecule has 0 N–H and O–H groups in total. The van der Waals surface area contributed by atoms with E-state index >= 15 is 0 Å². The number of alkyl halides is 3. The summed E-state index contributed by atoms with van der Waals surface area (Å²) < 4.78 is 40.0. The van der Waals surface area contributed by atoms with E-state index in [0.29, 0.717) is 12.8 Å². The van der Waals surface area contributed by atoms with Gasteiger partial charge in [-0.15, -0.1) is 0 Å². The lowest BCUT2D eigenvalue weighted by molar-refractivity contribution is -0.186. The minimum Gasteiger partial charge on any atom is -0.308 e. The number of halogens is 3. The van der Waals surface area contributed by atoms with Gasteiger partial charge in [-0.2, -0.15) is 13.2 Å². The molecule has 162 valence electrons. The van der Waals surface area contributed by atoms with Gasteiger partial charge in [0.15, 0.2) is 0 Å². The molecule has 0 saturated heterocycles. The van der Waals surface area contributed by atoms with Crippen LogP contribution in [0, 0.1) is 11.8 Å². The van der Waals surface area contributed by atoms with Gasteiger partial charge in [0, 0.05) is 17.6 Å². The van der Waals surface area contributed by atoms with Crippen molar-refractivity contribution in [3.63, 3.8) is 0 Å². The van der Waals surface area contributed by atoms with Crippen LogP contribution in [0.4, 0.5) is 18.9 Å². The summed E-state index contributed by atoms with van der Waals surface area (Å²) in [5.41, 5.74) is 0.811. The molecular weight excluding hydrogens is 377 g/mol. The molecule has 4 unspecified atom stereocenters. The lowest BCUT2D eigenvalue weighted by Crippen LogP contribution is -2.54. The lowest BCUT2D eigenvalue weighted by Gasteiger charge is -2.42. The van der Waals surface area contributed by atoms with Crippen molar-refractivity contribution in [1.29, 1.82) is 0 Å². The number of likely N-dealkylation sites (N-methyl/N-ethyl adjacent to an activating group) is 1. The minimum atomic E-state index is -4.22. The van der Waals surface area contributed by atoms with Crippen LogP contribution in [-0.2, 0) is 4.79 Å². The van der Waals surface area contributed by atoms with Gasteiger partial charge in [0.25, 0.3) is 0 Å². The SMILES string of the molecule is CN(C)C1CCCCCC1N(C(=O)C1CCCC(C(F)(F)F)C1)c1ccccc1. The summed E-state index contributed by atoms with van der Waals surface area (Å²) in [6.45, 7) is 0. The second kappa shape index (κ2) is 9.50. The van der Waals surface area contributed by atoms with E-state index < -0.39 is 18.0 Å². The Bertz CT molecular complexity index is 662. The molecule has 0 radical (unpaired) electrons. The third-order valence-corrected chi connectivity index (χ3v) is 6.70. The molecule has 0 aromatic heterocycles. The molecule has 2 saturated carbocycles. The number of benzene rings is 1. The average Bonchev–Trinajstić information content (AvgIpc) is 2.94. The van der Waals surface area contributed by atoms with Crippen LogP contribution in [0.2, 0.25) is 0 Å². The molecule has 1 aromatic rings. The molecule has 0 bridgehead atoms. The van der Waals surface area contributed by atoms with Crippen LogP contribution in [0.25, 0.3) is 0 Å². The van der Waals surface area contributed by atoms with E-state index in [1.54, 1.807) is 0 Å². The first-order valence-corrected chi connectivity index (χ1v) is 10.9. The van der Waals surface area contributed by atoms with Crippen molar-refractivity contribution >= 4 is 11.6 Å². The topological polar surface area (TPSA) is 23.6 Å². The Balaban J connectivity index is 1.92. The third-order valence-electron chi connectivity index (χ3n) is 6.70. The van der Waals surface area contributed by atoms with E-state index in [-0.39, 0.29) is 30.8 Å². The molecule has 1 aromatic carbocycles. The zero-order valence-electron chi connectivity index (χ0n) is 17.5. The summed E-state index contributed by atoms with van der Waals surface area (Å²) in [5, 5.41) is 0. The van der Waals surface area contributed by atoms with E-state index in [1.165, 1.54) is 0 Å². The van der Waals surface area contributed by atoms with Crippen molar-refractivity contribution in [3.05, 3.63) is 30.3 Å². The van der Waals surface area contributed by atoms with Crippen LogP contribution in [0.1, 0.15) is 57.8 Å². The predicted octanol–water partition coefficient (Wildman–Crippen LogP) is 5.65. The summed E-state index contributed by atoms with van der Waals surface area (Å²) in [6.07, 6.45) is 2.05. The number of para-hydroxylation sites is 1. The van der Waals surface area contributed by atoms with Crippen LogP contribution in [0.15, 0.2) is 30.3 Å². The highest BCUT2D eigenvalue weighted by molar-refractivity contribution is 5.95. The van der Waals surface area contributed by atoms with Gasteiger partial charge in [-0.05, 0) is 58.3 Å². The summed E-state index contributed by atoms with van der Waals surface area (Å²) in [5.74, 6) is -2.04. The Kier molecular flexibility index (Phi) is 7.25. The highest BCUT2D eigenvalue weighted by atomic mass is 19.4. The first-order valence-electron chi connectivity index (χ1n) is 10.9. The van der Waals surface area contributed by atoms with Gasteiger partial charge in [0.1, 0.15) is 0 Å². The highest BCUT2D eigenvalue weighted by Gasteiger charge is 2.45. The number of hydrogen-bond acceptors (Lipinski definition) is 2. The number of carbonyl (C=O) groups is 1.